The van der Waals surface area contributed by atoms with Gasteiger partial charge in [0.15, 0.2) is 0 Å². The molecule has 0 aliphatic carbocycles. The van der Waals surface area contributed by atoms with E-state index in [9.17, 15) is 4.79 Å². The Morgan fingerprint density at radius 1 is 1.14 bits per heavy atom. The molecule has 5 rings (SSSR count). The lowest BCUT2D eigenvalue weighted by Gasteiger charge is -2.26. The number of aromatic amines is 1. The Morgan fingerprint density at radius 3 is 2.63 bits per heavy atom. The smallest absolute Gasteiger partial charge is 0.323 e. The third-order valence-corrected chi connectivity index (χ3v) is 6.32. The predicted molar refractivity (Wildman–Crippen MR) is 134 cm³/mol. The highest BCUT2D eigenvalue weighted by Crippen LogP contribution is 2.34. The van der Waals surface area contributed by atoms with Gasteiger partial charge in [0.1, 0.15) is 23.4 Å². The summed E-state index contributed by atoms with van der Waals surface area (Å²) in [6, 6.07) is 9.08. The molecule has 1 aliphatic rings. The van der Waals surface area contributed by atoms with E-state index in [1.807, 2.05) is 31.2 Å². The summed E-state index contributed by atoms with van der Waals surface area (Å²) in [5.41, 5.74) is 3.04. The molecule has 1 atom stereocenters. The van der Waals surface area contributed by atoms with Crippen LogP contribution < -0.4 is 10.1 Å². The molecule has 0 spiro atoms. The van der Waals surface area contributed by atoms with Crippen LogP contribution in [0.1, 0.15) is 18.6 Å². The molecule has 4 aromatic rings. The summed E-state index contributed by atoms with van der Waals surface area (Å²) in [7, 11) is 0. The Labute approximate surface area is 211 Å². The normalized spacial score (nSPS) is 14.7. The first-order valence-electron chi connectivity index (χ1n) is 11.0. The van der Waals surface area contributed by atoms with Gasteiger partial charge in [0.25, 0.3) is 0 Å². The zero-order valence-corrected chi connectivity index (χ0v) is 20.3. The molecular weight excluding hydrogens is 491 g/mol. The highest BCUT2D eigenvalue weighted by Gasteiger charge is 2.19. The van der Waals surface area contributed by atoms with Gasteiger partial charge in [-0.05, 0) is 37.3 Å². The first kappa shape index (κ1) is 23.3. The van der Waals surface area contributed by atoms with Gasteiger partial charge < -0.3 is 14.4 Å². The van der Waals surface area contributed by atoms with E-state index in [2.05, 4.69) is 25.5 Å². The zero-order valence-electron chi connectivity index (χ0n) is 18.8. The second-order valence-electron chi connectivity index (χ2n) is 8.02. The SMILES string of the molecule is C[C@@H](Oc1ccc2[nH]nc(-c3ccc(NC(=O)N4CCOCC4)nc3)c2c1)c1c(Cl)cncc1Cl. The third-order valence-electron chi connectivity index (χ3n) is 5.71. The molecule has 1 aliphatic heterocycles. The van der Waals surface area contributed by atoms with E-state index in [0.717, 1.165) is 22.2 Å². The number of halogens is 2. The Kier molecular flexibility index (Phi) is 6.72. The molecular formula is C24H22Cl2N6O3. The van der Waals surface area contributed by atoms with E-state index in [1.165, 1.54) is 0 Å². The summed E-state index contributed by atoms with van der Waals surface area (Å²) in [6.07, 6.45) is 4.37. The molecule has 0 unspecified atom stereocenters. The number of anilines is 1. The number of fused-ring (bicyclic) bond motifs is 1. The molecule has 1 fully saturated rings. The van der Waals surface area contributed by atoms with Crippen molar-refractivity contribution in [3.63, 3.8) is 0 Å². The number of aromatic nitrogens is 4. The van der Waals surface area contributed by atoms with Gasteiger partial charge in [0.05, 0.1) is 28.8 Å². The van der Waals surface area contributed by atoms with Crippen LogP contribution >= 0.6 is 23.2 Å². The van der Waals surface area contributed by atoms with E-state index in [-0.39, 0.29) is 12.1 Å². The number of ether oxygens (including phenoxy) is 2. The van der Waals surface area contributed by atoms with E-state index in [0.29, 0.717) is 53.5 Å². The van der Waals surface area contributed by atoms with E-state index < -0.39 is 0 Å². The zero-order chi connectivity index (χ0) is 24.4. The molecule has 0 bridgehead atoms. The van der Waals surface area contributed by atoms with Gasteiger partial charge >= 0.3 is 6.03 Å². The molecule has 180 valence electrons. The third kappa shape index (κ3) is 5.02. The number of hydrogen-bond donors (Lipinski definition) is 2. The summed E-state index contributed by atoms with van der Waals surface area (Å²) in [5.74, 6) is 1.10. The fraction of sp³-hybridized carbons (Fsp3) is 0.250. The number of H-pyrrole nitrogens is 1. The molecule has 0 radical (unpaired) electrons. The van der Waals surface area contributed by atoms with E-state index in [4.69, 9.17) is 32.7 Å². The minimum Gasteiger partial charge on any atom is -0.486 e. The van der Waals surface area contributed by atoms with E-state index >= 15 is 0 Å². The summed E-state index contributed by atoms with van der Waals surface area (Å²) in [4.78, 5) is 22.5. The van der Waals surface area contributed by atoms with Gasteiger partial charge in [-0.3, -0.25) is 15.4 Å². The standard InChI is InChI=1S/C24H22Cl2N6O3/c1-14(22-18(25)12-27-13-19(22)26)35-16-3-4-20-17(10-16)23(31-30-20)15-2-5-21(28-11-15)29-24(33)32-6-8-34-9-7-32/h2-5,10-14H,6-9H2,1H3,(H,30,31)(H,28,29,33)/t14-/m1/s1. The van der Waals surface area contributed by atoms with Crippen molar-refractivity contribution in [1.29, 1.82) is 0 Å². The topological polar surface area (TPSA) is 105 Å². The number of carbonyl (C=O) groups is 1. The maximum atomic E-state index is 12.4. The molecule has 1 aromatic carbocycles. The monoisotopic (exact) mass is 512 g/mol. The summed E-state index contributed by atoms with van der Waals surface area (Å²) in [6.45, 7) is 4.08. The van der Waals surface area contributed by atoms with Crippen LogP contribution in [-0.4, -0.2) is 57.4 Å². The molecule has 2 amide bonds. The Hall–Kier alpha value is -3.40. The number of morpholine rings is 1. The summed E-state index contributed by atoms with van der Waals surface area (Å²) < 4.78 is 11.4. The average molecular weight is 513 g/mol. The maximum Gasteiger partial charge on any atom is 0.323 e. The fourth-order valence-corrected chi connectivity index (χ4v) is 4.59. The molecule has 2 N–H and O–H groups in total. The lowest BCUT2D eigenvalue weighted by Crippen LogP contribution is -2.43. The Morgan fingerprint density at radius 2 is 1.91 bits per heavy atom. The van der Waals surface area contributed by atoms with Gasteiger partial charge in [-0.1, -0.05) is 23.2 Å². The summed E-state index contributed by atoms with van der Waals surface area (Å²) in [5, 5.41) is 12.1. The minimum absolute atomic E-state index is 0.191. The summed E-state index contributed by atoms with van der Waals surface area (Å²) >= 11 is 12.6. The largest absolute Gasteiger partial charge is 0.486 e. The van der Waals surface area contributed by atoms with Gasteiger partial charge in [0.2, 0.25) is 0 Å². The van der Waals surface area contributed by atoms with Crippen LogP contribution in [0.2, 0.25) is 10.0 Å². The van der Waals surface area contributed by atoms with Gasteiger partial charge in [0, 0.05) is 48.2 Å². The fourth-order valence-electron chi connectivity index (χ4n) is 3.92. The molecule has 9 nitrogen and oxygen atoms in total. The van der Waals surface area contributed by atoms with Crippen LogP contribution in [0.3, 0.4) is 0 Å². The first-order chi connectivity index (χ1) is 17.0. The maximum absolute atomic E-state index is 12.4. The van der Waals surface area contributed by atoms with Crippen LogP contribution in [0.5, 0.6) is 5.75 Å². The number of rotatable bonds is 5. The Balaban J connectivity index is 1.34. The van der Waals surface area contributed by atoms with Crippen LogP contribution in [0.4, 0.5) is 10.6 Å². The number of benzene rings is 1. The van der Waals surface area contributed by atoms with E-state index in [1.54, 1.807) is 29.6 Å². The molecule has 11 heteroatoms. The molecule has 3 aromatic heterocycles. The van der Waals surface area contributed by atoms with Gasteiger partial charge in [-0.15, -0.1) is 0 Å². The van der Waals surface area contributed by atoms with Crippen molar-refractivity contribution >= 4 is 46.0 Å². The molecule has 1 saturated heterocycles. The minimum atomic E-state index is -0.387. The highest BCUT2D eigenvalue weighted by atomic mass is 35.5. The molecule has 0 saturated carbocycles. The van der Waals surface area contributed by atoms with Crippen LogP contribution in [0, 0.1) is 0 Å². The lowest BCUT2D eigenvalue weighted by molar-refractivity contribution is 0.0564. The number of urea groups is 1. The molecule has 4 heterocycles. The van der Waals surface area contributed by atoms with Gasteiger partial charge in [-0.2, -0.15) is 5.10 Å². The van der Waals surface area contributed by atoms with Crippen LogP contribution in [0.15, 0.2) is 48.9 Å². The predicted octanol–water partition coefficient (Wildman–Crippen LogP) is 5.33. The van der Waals surface area contributed by atoms with Crippen molar-refractivity contribution in [3.05, 3.63) is 64.5 Å². The number of nitrogens with one attached hydrogen (secondary N) is 2. The van der Waals surface area contributed by atoms with Crippen LogP contribution in [0.25, 0.3) is 22.2 Å². The van der Waals surface area contributed by atoms with Crippen molar-refractivity contribution in [2.24, 2.45) is 0 Å². The number of carbonyl (C=O) groups excluding carboxylic acids is 1. The first-order valence-corrected chi connectivity index (χ1v) is 11.8. The number of pyridine rings is 2. The number of hydrogen-bond acceptors (Lipinski definition) is 6. The molecule has 35 heavy (non-hydrogen) atoms. The average Bonchev–Trinajstić information content (AvgIpc) is 3.28. The van der Waals surface area contributed by atoms with Crippen molar-refractivity contribution in [3.8, 4) is 17.0 Å². The van der Waals surface area contributed by atoms with Crippen LogP contribution in [-0.2, 0) is 4.74 Å². The van der Waals surface area contributed by atoms with Crippen molar-refractivity contribution in [2.45, 2.75) is 13.0 Å². The second kappa shape index (κ2) is 10.1. The van der Waals surface area contributed by atoms with Crippen molar-refractivity contribution in [1.82, 2.24) is 25.1 Å². The number of nitrogens with zero attached hydrogens (tertiary/aromatic N) is 4. The lowest BCUT2D eigenvalue weighted by atomic mass is 10.1. The Bertz CT molecular complexity index is 1340. The van der Waals surface area contributed by atoms with Crippen molar-refractivity contribution < 1.29 is 14.3 Å². The highest BCUT2D eigenvalue weighted by molar-refractivity contribution is 6.35. The second-order valence-corrected chi connectivity index (χ2v) is 8.83. The number of amides is 2. The van der Waals surface area contributed by atoms with Gasteiger partial charge in [-0.25, -0.2) is 9.78 Å². The van der Waals surface area contributed by atoms with Crippen molar-refractivity contribution in [2.75, 3.05) is 31.6 Å². The quantitative estimate of drug-likeness (QED) is 0.374.